The van der Waals surface area contributed by atoms with Crippen molar-refractivity contribution in [2.75, 3.05) is 50.1 Å². The summed E-state index contributed by atoms with van der Waals surface area (Å²) in [7, 11) is 3.80. The second kappa shape index (κ2) is 6.86. The molecule has 1 aliphatic heterocycles. The zero-order valence-electron chi connectivity index (χ0n) is 13.9. The van der Waals surface area contributed by atoms with Gasteiger partial charge in [0.15, 0.2) is 0 Å². The molecule has 6 heteroatoms. The maximum Gasteiger partial charge on any atom is 0.272 e. The highest BCUT2D eigenvalue weighted by Crippen LogP contribution is 2.18. The Kier molecular flexibility index (Phi) is 4.64. The number of pyridine rings is 1. The van der Waals surface area contributed by atoms with Crippen molar-refractivity contribution in [2.45, 2.75) is 0 Å². The molecular weight excluding hydrogens is 307 g/mol. The number of hydrogen-bond acceptors (Lipinski definition) is 4. The van der Waals surface area contributed by atoms with Crippen LogP contribution < -0.4 is 9.80 Å². The number of hydrogen-bond donors (Lipinski definition) is 0. The second-order valence-corrected chi connectivity index (χ2v) is 6.03. The minimum Gasteiger partial charge on any atom is -0.368 e. The molecule has 1 aromatic heterocycles. The van der Waals surface area contributed by atoms with Gasteiger partial charge in [-0.05, 0) is 36.4 Å². The summed E-state index contributed by atoms with van der Waals surface area (Å²) in [5.74, 6) is 0.489. The quantitative estimate of drug-likeness (QED) is 0.866. The molecule has 0 saturated carbocycles. The van der Waals surface area contributed by atoms with Gasteiger partial charge in [-0.15, -0.1) is 0 Å². The van der Waals surface area contributed by atoms with Crippen LogP contribution in [-0.2, 0) is 0 Å². The van der Waals surface area contributed by atoms with Gasteiger partial charge in [0.1, 0.15) is 17.3 Å². The molecule has 1 amide bonds. The molecule has 0 bridgehead atoms. The summed E-state index contributed by atoms with van der Waals surface area (Å²) >= 11 is 0. The molecule has 1 aliphatic rings. The molecule has 0 radical (unpaired) electrons. The van der Waals surface area contributed by atoms with E-state index in [0.29, 0.717) is 18.8 Å². The van der Waals surface area contributed by atoms with Crippen molar-refractivity contribution in [3.8, 4) is 0 Å². The van der Waals surface area contributed by atoms with Crippen LogP contribution in [0.4, 0.5) is 15.9 Å². The molecule has 3 rings (SSSR count). The zero-order valence-corrected chi connectivity index (χ0v) is 13.9. The molecule has 5 nitrogen and oxygen atoms in total. The van der Waals surface area contributed by atoms with E-state index in [1.807, 2.05) is 36.0 Å². The molecule has 126 valence electrons. The lowest BCUT2D eigenvalue weighted by Gasteiger charge is -2.36. The summed E-state index contributed by atoms with van der Waals surface area (Å²) < 4.78 is 13.0. The normalized spacial score (nSPS) is 14.6. The molecule has 1 saturated heterocycles. The van der Waals surface area contributed by atoms with E-state index >= 15 is 0 Å². The average Bonchev–Trinajstić information content (AvgIpc) is 2.62. The number of benzene rings is 1. The van der Waals surface area contributed by atoms with Gasteiger partial charge < -0.3 is 14.7 Å². The van der Waals surface area contributed by atoms with E-state index in [4.69, 9.17) is 0 Å². The zero-order chi connectivity index (χ0) is 17.1. The Morgan fingerprint density at radius 2 is 1.71 bits per heavy atom. The van der Waals surface area contributed by atoms with E-state index in [9.17, 15) is 9.18 Å². The van der Waals surface area contributed by atoms with Crippen LogP contribution in [-0.4, -0.2) is 56.1 Å². The second-order valence-electron chi connectivity index (χ2n) is 6.03. The summed E-state index contributed by atoms with van der Waals surface area (Å²) in [6.45, 7) is 2.71. The van der Waals surface area contributed by atoms with E-state index in [-0.39, 0.29) is 11.7 Å². The first-order valence-electron chi connectivity index (χ1n) is 7.99. The number of halogens is 1. The van der Waals surface area contributed by atoms with Gasteiger partial charge in [0.25, 0.3) is 5.91 Å². The number of piperazine rings is 1. The van der Waals surface area contributed by atoms with Crippen LogP contribution in [0.2, 0.25) is 0 Å². The van der Waals surface area contributed by atoms with E-state index < -0.39 is 0 Å². The minimum atomic E-state index is -0.237. The maximum absolute atomic E-state index is 13.0. The minimum absolute atomic E-state index is 0.0440. The summed E-state index contributed by atoms with van der Waals surface area (Å²) in [5.41, 5.74) is 1.45. The van der Waals surface area contributed by atoms with E-state index in [0.717, 1.165) is 24.6 Å². The Hall–Kier alpha value is -2.63. The number of carbonyl (C=O) groups excluding carboxylic acids is 1. The van der Waals surface area contributed by atoms with Crippen molar-refractivity contribution in [1.82, 2.24) is 9.88 Å². The number of nitrogens with zero attached hydrogens (tertiary/aromatic N) is 4. The topological polar surface area (TPSA) is 39.7 Å². The van der Waals surface area contributed by atoms with Gasteiger partial charge in [0.2, 0.25) is 0 Å². The predicted octanol–water partition coefficient (Wildman–Crippen LogP) is 2.25. The Morgan fingerprint density at radius 3 is 2.33 bits per heavy atom. The Balaban J connectivity index is 1.65. The monoisotopic (exact) mass is 328 g/mol. The van der Waals surface area contributed by atoms with E-state index in [2.05, 4.69) is 9.88 Å². The Bertz CT molecular complexity index is 709. The molecule has 2 aromatic rings. The van der Waals surface area contributed by atoms with Crippen molar-refractivity contribution >= 4 is 17.4 Å². The number of carbonyl (C=O) groups is 1. The van der Waals surface area contributed by atoms with Gasteiger partial charge in [0, 0.05) is 46.0 Å². The number of amides is 1. The van der Waals surface area contributed by atoms with Crippen molar-refractivity contribution in [3.63, 3.8) is 0 Å². The lowest BCUT2D eigenvalue weighted by Crippen LogP contribution is -2.49. The summed E-state index contributed by atoms with van der Waals surface area (Å²) in [5, 5.41) is 0. The van der Waals surface area contributed by atoms with Gasteiger partial charge in [-0.2, -0.15) is 0 Å². The predicted molar refractivity (Wildman–Crippen MR) is 93.1 cm³/mol. The third kappa shape index (κ3) is 3.48. The van der Waals surface area contributed by atoms with Crippen LogP contribution in [0.1, 0.15) is 10.5 Å². The van der Waals surface area contributed by atoms with Crippen molar-refractivity contribution < 1.29 is 9.18 Å². The molecule has 1 aromatic carbocycles. The number of rotatable bonds is 3. The fourth-order valence-corrected chi connectivity index (χ4v) is 2.77. The lowest BCUT2D eigenvalue weighted by molar-refractivity contribution is 0.0741. The third-order valence-corrected chi connectivity index (χ3v) is 4.17. The molecule has 0 spiro atoms. The standard InChI is InChI=1S/C18H21FN4O/c1-21(2)17-5-3-4-16(20-17)18(24)23-12-10-22(11-13-23)15-8-6-14(19)7-9-15/h3-9H,10-13H2,1-2H3. The van der Waals surface area contributed by atoms with Gasteiger partial charge in [0.05, 0.1) is 0 Å². The number of anilines is 2. The van der Waals surface area contributed by atoms with E-state index in [1.54, 1.807) is 18.2 Å². The summed E-state index contributed by atoms with van der Waals surface area (Å²) in [4.78, 5) is 22.9. The fourth-order valence-electron chi connectivity index (χ4n) is 2.77. The summed E-state index contributed by atoms with van der Waals surface area (Å²) in [6, 6.07) is 12.0. The molecule has 0 atom stereocenters. The van der Waals surface area contributed by atoms with Crippen LogP contribution in [0.25, 0.3) is 0 Å². The summed E-state index contributed by atoms with van der Waals surface area (Å²) in [6.07, 6.45) is 0. The lowest BCUT2D eigenvalue weighted by atomic mass is 10.2. The van der Waals surface area contributed by atoms with E-state index in [1.165, 1.54) is 12.1 Å². The van der Waals surface area contributed by atoms with Gasteiger partial charge >= 0.3 is 0 Å². The van der Waals surface area contributed by atoms with Crippen molar-refractivity contribution in [3.05, 3.63) is 54.0 Å². The first-order chi connectivity index (χ1) is 11.5. The molecule has 0 N–H and O–H groups in total. The van der Waals surface area contributed by atoms with Crippen LogP contribution in [0.5, 0.6) is 0 Å². The molecule has 24 heavy (non-hydrogen) atoms. The van der Waals surface area contributed by atoms with Crippen LogP contribution in [0, 0.1) is 5.82 Å². The first kappa shape index (κ1) is 16.2. The van der Waals surface area contributed by atoms with Gasteiger partial charge in [-0.3, -0.25) is 4.79 Å². The highest BCUT2D eigenvalue weighted by Gasteiger charge is 2.23. The number of aromatic nitrogens is 1. The Labute approximate surface area is 141 Å². The fraction of sp³-hybridized carbons (Fsp3) is 0.333. The van der Waals surface area contributed by atoms with Crippen LogP contribution >= 0.6 is 0 Å². The molecule has 0 unspecified atom stereocenters. The largest absolute Gasteiger partial charge is 0.368 e. The van der Waals surface area contributed by atoms with Crippen molar-refractivity contribution in [1.29, 1.82) is 0 Å². The molecule has 2 heterocycles. The van der Waals surface area contributed by atoms with Crippen molar-refractivity contribution in [2.24, 2.45) is 0 Å². The third-order valence-electron chi connectivity index (χ3n) is 4.17. The average molecular weight is 328 g/mol. The molecule has 1 fully saturated rings. The van der Waals surface area contributed by atoms with Crippen LogP contribution in [0.15, 0.2) is 42.5 Å². The molecular formula is C18H21FN4O. The Morgan fingerprint density at radius 1 is 1.04 bits per heavy atom. The first-order valence-corrected chi connectivity index (χ1v) is 7.99. The van der Waals surface area contributed by atoms with Gasteiger partial charge in [-0.25, -0.2) is 9.37 Å². The van der Waals surface area contributed by atoms with Crippen LogP contribution in [0.3, 0.4) is 0 Å². The molecule has 0 aliphatic carbocycles. The SMILES string of the molecule is CN(C)c1cccc(C(=O)N2CCN(c3ccc(F)cc3)CC2)n1. The van der Waals surface area contributed by atoms with Gasteiger partial charge in [-0.1, -0.05) is 6.07 Å². The maximum atomic E-state index is 13.0. The smallest absolute Gasteiger partial charge is 0.272 e. The highest BCUT2D eigenvalue weighted by molar-refractivity contribution is 5.92. The highest BCUT2D eigenvalue weighted by atomic mass is 19.1.